The highest BCUT2D eigenvalue weighted by atomic mass is 15.2. The number of fused-ring (bicyclic) bond motifs is 1. The Hall–Kier alpha value is -1.76. The number of rotatable bonds is 1. The third kappa shape index (κ3) is 1.68. The highest BCUT2D eigenvalue weighted by molar-refractivity contribution is 5.75. The number of hydrogen-bond donors (Lipinski definition) is 0. The lowest BCUT2D eigenvalue weighted by atomic mass is 9.81. The smallest absolute Gasteiger partial charge is 0.0452 e. The molecule has 0 aliphatic carbocycles. The van der Waals surface area contributed by atoms with Crippen LogP contribution in [0.5, 0.6) is 0 Å². The second kappa shape index (κ2) is 4.12. The predicted octanol–water partition coefficient (Wildman–Crippen LogP) is 4.81. The number of hydrogen-bond acceptors (Lipinski definition) is 1. The first kappa shape index (κ1) is 12.3. The van der Waals surface area contributed by atoms with Crippen LogP contribution in [0.3, 0.4) is 0 Å². The Morgan fingerprint density at radius 2 is 1.47 bits per heavy atom. The van der Waals surface area contributed by atoms with E-state index in [4.69, 9.17) is 0 Å². The van der Waals surface area contributed by atoms with Crippen molar-refractivity contribution in [2.75, 3.05) is 4.90 Å². The molecular formula is C18H21N. The Kier molecular flexibility index (Phi) is 2.67. The molecule has 0 fully saturated rings. The second-order valence-corrected chi connectivity index (χ2v) is 6.07. The van der Waals surface area contributed by atoms with Crippen molar-refractivity contribution >= 4 is 11.4 Å². The van der Waals surface area contributed by atoms with Gasteiger partial charge in [-0.25, -0.2) is 0 Å². The minimum Gasteiger partial charge on any atom is -0.337 e. The lowest BCUT2D eigenvalue weighted by Gasteiger charge is -2.32. The Morgan fingerprint density at radius 1 is 0.895 bits per heavy atom. The van der Waals surface area contributed by atoms with Gasteiger partial charge in [0.2, 0.25) is 0 Å². The zero-order valence-electron chi connectivity index (χ0n) is 12.1. The van der Waals surface area contributed by atoms with Gasteiger partial charge in [-0.1, -0.05) is 50.2 Å². The average molecular weight is 251 g/mol. The van der Waals surface area contributed by atoms with Crippen molar-refractivity contribution in [3.05, 3.63) is 59.7 Å². The highest BCUT2D eigenvalue weighted by Gasteiger charge is 2.42. The molecular weight excluding hydrogens is 230 g/mol. The molecule has 1 heteroatoms. The molecule has 2 aromatic carbocycles. The third-order valence-corrected chi connectivity index (χ3v) is 4.66. The van der Waals surface area contributed by atoms with Crippen LogP contribution in [0.25, 0.3) is 0 Å². The van der Waals surface area contributed by atoms with E-state index in [0.717, 1.165) is 0 Å². The Morgan fingerprint density at radius 3 is 2.16 bits per heavy atom. The van der Waals surface area contributed by atoms with Gasteiger partial charge in [-0.2, -0.15) is 0 Å². The van der Waals surface area contributed by atoms with Crippen LogP contribution in [0.15, 0.2) is 48.5 Å². The molecule has 1 nitrogen and oxygen atoms in total. The molecule has 0 radical (unpaired) electrons. The molecule has 0 saturated heterocycles. The summed E-state index contributed by atoms with van der Waals surface area (Å²) in [5.41, 5.74) is 5.65. The summed E-state index contributed by atoms with van der Waals surface area (Å²) in [5.74, 6) is 0. The first-order chi connectivity index (χ1) is 9.03. The summed E-state index contributed by atoms with van der Waals surface area (Å²) in [4.78, 5) is 2.49. The molecule has 0 aromatic heterocycles. The van der Waals surface area contributed by atoms with Crippen LogP contribution in [0.2, 0.25) is 0 Å². The summed E-state index contributed by atoms with van der Waals surface area (Å²) < 4.78 is 0. The highest BCUT2D eigenvalue weighted by Crippen LogP contribution is 2.48. The van der Waals surface area contributed by atoms with Crippen molar-refractivity contribution in [2.24, 2.45) is 0 Å². The van der Waals surface area contributed by atoms with Crippen LogP contribution in [-0.2, 0) is 5.41 Å². The molecule has 0 saturated carbocycles. The molecule has 1 aliphatic heterocycles. The van der Waals surface area contributed by atoms with Crippen LogP contribution < -0.4 is 4.90 Å². The molecule has 3 rings (SSSR count). The van der Waals surface area contributed by atoms with Gasteiger partial charge in [-0.05, 0) is 37.1 Å². The van der Waals surface area contributed by atoms with E-state index in [1.807, 2.05) is 0 Å². The molecule has 0 N–H and O–H groups in total. The Bertz CT molecular complexity index is 613. The quantitative estimate of drug-likeness (QED) is 0.703. The molecule has 0 amide bonds. The maximum Gasteiger partial charge on any atom is 0.0452 e. The number of nitrogens with zero attached hydrogens (tertiary/aromatic N) is 1. The predicted molar refractivity (Wildman–Crippen MR) is 82.2 cm³/mol. The average Bonchev–Trinajstić information content (AvgIpc) is 2.60. The monoisotopic (exact) mass is 251 g/mol. The van der Waals surface area contributed by atoms with E-state index in [2.05, 4.69) is 81.1 Å². The standard InChI is InChI=1S/C18H21N/c1-13-9-5-7-11-16(13)19-14(2)18(3,4)15-10-6-8-12-17(15)19/h5-12,14H,1-4H3. The fraction of sp³-hybridized carbons (Fsp3) is 0.333. The number of benzene rings is 2. The van der Waals surface area contributed by atoms with E-state index in [1.165, 1.54) is 22.5 Å². The summed E-state index contributed by atoms with van der Waals surface area (Å²) in [6.07, 6.45) is 0. The van der Waals surface area contributed by atoms with E-state index < -0.39 is 0 Å². The molecule has 0 spiro atoms. The van der Waals surface area contributed by atoms with Crippen molar-refractivity contribution in [3.63, 3.8) is 0 Å². The summed E-state index contributed by atoms with van der Waals surface area (Å²) >= 11 is 0. The zero-order chi connectivity index (χ0) is 13.6. The fourth-order valence-corrected chi connectivity index (χ4v) is 3.16. The molecule has 19 heavy (non-hydrogen) atoms. The number of anilines is 2. The molecule has 1 atom stereocenters. The van der Waals surface area contributed by atoms with Crippen LogP contribution in [0.1, 0.15) is 31.9 Å². The normalized spacial score (nSPS) is 20.4. The van der Waals surface area contributed by atoms with E-state index >= 15 is 0 Å². The minimum absolute atomic E-state index is 0.179. The maximum absolute atomic E-state index is 2.49. The SMILES string of the molecule is Cc1ccccc1N1c2ccccc2C(C)(C)C1C. The van der Waals surface area contributed by atoms with Crippen molar-refractivity contribution in [3.8, 4) is 0 Å². The van der Waals surface area contributed by atoms with E-state index in [1.54, 1.807) is 0 Å². The van der Waals surface area contributed by atoms with Gasteiger partial charge in [-0.3, -0.25) is 0 Å². The minimum atomic E-state index is 0.179. The first-order valence-corrected chi connectivity index (χ1v) is 6.98. The van der Waals surface area contributed by atoms with Gasteiger partial charge in [0.25, 0.3) is 0 Å². The van der Waals surface area contributed by atoms with Gasteiger partial charge in [0.1, 0.15) is 0 Å². The summed E-state index contributed by atoms with van der Waals surface area (Å²) in [6.45, 7) is 9.20. The Balaban J connectivity index is 2.21. The van der Waals surface area contributed by atoms with Crippen molar-refractivity contribution in [1.82, 2.24) is 0 Å². The van der Waals surface area contributed by atoms with Gasteiger partial charge >= 0.3 is 0 Å². The summed E-state index contributed by atoms with van der Waals surface area (Å²) in [5, 5.41) is 0. The van der Waals surface area contributed by atoms with E-state index in [-0.39, 0.29) is 5.41 Å². The van der Waals surface area contributed by atoms with Crippen molar-refractivity contribution in [1.29, 1.82) is 0 Å². The van der Waals surface area contributed by atoms with Crippen LogP contribution >= 0.6 is 0 Å². The molecule has 98 valence electrons. The topological polar surface area (TPSA) is 3.24 Å². The number of aryl methyl sites for hydroxylation is 1. The van der Waals surface area contributed by atoms with Gasteiger partial charge in [0, 0.05) is 22.8 Å². The fourth-order valence-electron chi connectivity index (χ4n) is 3.16. The Labute approximate surface area is 115 Å². The zero-order valence-corrected chi connectivity index (χ0v) is 12.1. The lowest BCUT2D eigenvalue weighted by Crippen LogP contribution is -2.36. The summed E-state index contributed by atoms with van der Waals surface area (Å²) in [7, 11) is 0. The van der Waals surface area contributed by atoms with Crippen LogP contribution in [0, 0.1) is 6.92 Å². The molecule has 1 unspecified atom stereocenters. The molecule has 0 bridgehead atoms. The second-order valence-electron chi connectivity index (χ2n) is 6.07. The molecule has 2 aromatic rings. The van der Waals surface area contributed by atoms with Gasteiger partial charge in [0.05, 0.1) is 0 Å². The van der Waals surface area contributed by atoms with Crippen molar-refractivity contribution < 1.29 is 0 Å². The summed E-state index contributed by atoms with van der Waals surface area (Å²) in [6, 6.07) is 17.9. The maximum atomic E-state index is 2.49. The largest absolute Gasteiger partial charge is 0.337 e. The van der Waals surface area contributed by atoms with Gasteiger partial charge < -0.3 is 4.90 Å². The third-order valence-electron chi connectivity index (χ3n) is 4.66. The van der Waals surface area contributed by atoms with E-state index in [9.17, 15) is 0 Å². The number of para-hydroxylation sites is 2. The lowest BCUT2D eigenvalue weighted by molar-refractivity contribution is 0.462. The first-order valence-electron chi connectivity index (χ1n) is 6.98. The van der Waals surface area contributed by atoms with Crippen molar-refractivity contribution in [2.45, 2.75) is 39.2 Å². The molecule has 1 aliphatic rings. The molecule has 1 heterocycles. The van der Waals surface area contributed by atoms with Crippen LogP contribution in [-0.4, -0.2) is 6.04 Å². The van der Waals surface area contributed by atoms with Gasteiger partial charge in [-0.15, -0.1) is 0 Å². The van der Waals surface area contributed by atoms with Gasteiger partial charge in [0.15, 0.2) is 0 Å². The van der Waals surface area contributed by atoms with E-state index in [0.29, 0.717) is 6.04 Å². The van der Waals surface area contributed by atoms with Crippen LogP contribution in [0.4, 0.5) is 11.4 Å².